The highest BCUT2D eigenvalue weighted by molar-refractivity contribution is 6.32. The molecule has 1 aromatic heterocycles. The summed E-state index contributed by atoms with van der Waals surface area (Å²) in [5.41, 5.74) is 3.26. The topological polar surface area (TPSA) is 56.3 Å². The van der Waals surface area contributed by atoms with E-state index < -0.39 is 0 Å². The van der Waals surface area contributed by atoms with Crippen LogP contribution in [0.25, 0.3) is 0 Å². The average Bonchev–Trinajstić information content (AvgIpc) is 2.63. The fourth-order valence-corrected chi connectivity index (χ4v) is 3.36. The Morgan fingerprint density at radius 1 is 1.12 bits per heavy atom. The number of nitrogens with zero attached hydrogens (tertiary/aromatic N) is 4. The Hall–Kier alpha value is -2.21. The van der Waals surface area contributed by atoms with Crippen LogP contribution in [0.4, 0.5) is 22.9 Å². The third kappa shape index (κ3) is 4.07. The van der Waals surface area contributed by atoms with Gasteiger partial charge in [-0.15, -0.1) is 0 Å². The Bertz CT molecular complexity index is 695. The average molecular weight is 361 g/mol. The summed E-state index contributed by atoms with van der Waals surface area (Å²) in [6.45, 7) is 2.04. The maximum absolute atomic E-state index is 6.12. The molecule has 0 aliphatic carbocycles. The lowest BCUT2D eigenvalue weighted by Crippen LogP contribution is -2.39. The van der Waals surface area contributed by atoms with Gasteiger partial charge in [0.05, 0.1) is 0 Å². The van der Waals surface area contributed by atoms with Gasteiger partial charge in [-0.1, -0.05) is 11.6 Å². The van der Waals surface area contributed by atoms with Crippen LogP contribution in [0.5, 0.6) is 0 Å². The van der Waals surface area contributed by atoms with Crippen molar-refractivity contribution in [3.8, 4) is 0 Å². The minimum Gasteiger partial charge on any atom is -0.383 e. The maximum Gasteiger partial charge on any atom is 0.157 e. The van der Waals surface area contributed by atoms with E-state index in [-0.39, 0.29) is 0 Å². The van der Waals surface area contributed by atoms with Gasteiger partial charge in [0.2, 0.25) is 0 Å². The van der Waals surface area contributed by atoms with Crippen molar-refractivity contribution >= 4 is 34.5 Å². The Labute approximate surface area is 154 Å². The molecule has 1 aliphatic rings. The van der Waals surface area contributed by atoms with Crippen LogP contribution in [0.3, 0.4) is 0 Å². The lowest BCUT2D eigenvalue weighted by molar-refractivity contribution is 0.525. The summed E-state index contributed by atoms with van der Waals surface area (Å²) in [6.07, 6.45) is 3.60. The van der Waals surface area contributed by atoms with Crippen molar-refractivity contribution in [2.75, 3.05) is 54.7 Å². The lowest BCUT2D eigenvalue weighted by Gasteiger charge is -2.34. The van der Waals surface area contributed by atoms with Gasteiger partial charge in [0.1, 0.15) is 12.0 Å². The predicted octanol–water partition coefficient (Wildman–Crippen LogP) is 3.32. The number of rotatable bonds is 5. The molecular formula is C18H25ClN6. The molecule has 134 valence electrons. The normalized spacial score (nSPS) is 15.1. The van der Waals surface area contributed by atoms with Crippen LogP contribution in [-0.2, 0) is 0 Å². The summed E-state index contributed by atoms with van der Waals surface area (Å²) in [5, 5.41) is 7.02. The maximum atomic E-state index is 6.12. The number of hydrogen-bond donors (Lipinski definition) is 2. The molecule has 0 saturated carbocycles. The van der Waals surface area contributed by atoms with Crippen molar-refractivity contribution in [3.05, 3.63) is 35.7 Å². The van der Waals surface area contributed by atoms with Crippen LogP contribution in [0.15, 0.2) is 30.6 Å². The zero-order valence-electron chi connectivity index (χ0n) is 15.0. The number of halogens is 1. The molecule has 1 saturated heterocycles. The third-order valence-corrected chi connectivity index (χ3v) is 4.90. The van der Waals surface area contributed by atoms with E-state index in [4.69, 9.17) is 11.6 Å². The van der Waals surface area contributed by atoms with Gasteiger partial charge in [0, 0.05) is 51.6 Å². The molecule has 1 aromatic carbocycles. The molecule has 0 unspecified atom stereocenters. The van der Waals surface area contributed by atoms with Crippen molar-refractivity contribution < 1.29 is 0 Å². The van der Waals surface area contributed by atoms with Crippen molar-refractivity contribution in [1.29, 1.82) is 0 Å². The summed E-state index contributed by atoms with van der Waals surface area (Å²) in [6, 6.07) is 9.12. The zero-order valence-corrected chi connectivity index (χ0v) is 15.7. The van der Waals surface area contributed by atoms with E-state index in [0.717, 1.165) is 37.4 Å². The molecule has 3 rings (SSSR count). The SMILES string of the molecule is CNc1c(Cl)ncnc1NC1CCN(c2ccc(N(C)C)cc2)CC1. The Balaban J connectivity index is 1.60. The molecule has 0 amide bonds. The van der Waals surface area contributed by atoms with E-state index in [1.807, 2.05) is 7.05 Å². The quantitative estimate of drug-likeness (QED) is 0.798. The fourth-order valence-electron chi connectivity index (χ4n) is 3.13. The van der Waals surface area contributed by atoms with Crippen LogP contribution in [-0.4, -0.2) is 50.2 Å². The molecule has 0 atom stereocenters. The molecule has 0 radical (unpaired) electrons. The Morgan fingerprint density at radius 2 is 1.80 bits per heavy atom. The summed E-state index contributed by atoms with van der Waals surface area (Å²) in [5.74, 6) is 0.774. The van der Waals surface area contributed by atoms with Gasteiger partial charge in [0.25, 0.3) is 0 Å². The fraction of sp³-hybridized carbons (Fsp3) is 0.444. The van der Waals surface area contributed by atoms with Gasteiger partial charge in [-0.25, -0.2) is 9.97 Å². The van der Waals surface area contributed by atoms with Crippen LogP contribution in [0, 0.1) is 0 Å². The van der Waals surface area contributed by atoms with Crippen LogP contribution in [0.2, 0.25) is 5.15 Å². The van der Waals surface area contributed by atoms with Gasteiger partial charge < -0.3 is 20.4 Å². The molecule has 2 N–H and O–H groups in total. The lowest BCUT2D eigenvalue weighted by atomic mass is 10.0. The smallest absolute Gasteiger partial charge is 0.157 e. The molecule has 25 heavy (non-hydrogen) atoms. The second-order valence-corrected chi connectivity index (χ2v) is 6.81. The first-order chi connectivity index (χ1) is 12.1. The van der Waals surface area contributed by atoms with E-state index >= 15 is 0 Å². The molecule has 0 spiro atoms. The number of hydrogen-bond acceptors (Lipinski definition) is 6. The largest absolute Gasteiger partial charge is 0.383 e. The van der Waals surface area contributed by atoms with Gasteiger partial charge in [0.15, 0.2) is 11.0 Å². The first-order valence-electron chi connectivity index (χ1n) is 8.55. The summed E-state index contributed by atoms with van der Waals surface area (Å²) < 4.78 is 0. The number of anilines is 4. The molecule has 6 nitrogen and oxygen atoms in total. The van der Waals surface area contributed by atoms with Crippen molar-refractivity contribution in [2.24, 2.45) is 0 Å². The first-order valence-corrected chi connectivity index (χ1v) is 8.93. The summed E-state index contributed by atoms with van der Waals surface area (Å²) in [4.78, 5) is 12.9. The number of nitrogens with one attached hydrogen (secondary N) is 2. The third-order valence-electron chi connectivity index (χ3n) is 4.62. The number of aromatic nitrogens is 2. The molecule has 2 heterocycles. The predicted molar refractivity (Wildman–Crippen MR) is 106 cm³/mol. The molecule has 1 aliphatic heterocycles. The molecular weight excluding hydrogens is 336 g/mol. The van der Waals surface area contributed by atoms with Crippen LogP contribution >= 0.6 is 11.6 Å². The molecule has 1 fully saturated rings. The van der Waals surface area contributed by atoms with Crippen LogP contribution < -0.4 is 20.4 Å². The molecule has 7 heteroatoms. The molecule has 0 bridgehead atoms. The summed E-state index contributed by atoms with van der Waals surface area (Å²) in [7, 11) is 5.95. The highest BCUT2D eigenvalue weighted by Crippen LogP contribution is 2.28. The Morgan fingerprint density at radius 3 is 2.40 bits per heavy atom. The van der Waals surface area contributed by atoms with Gasteiger partial charge >= 0.3 is 0 Å². The molecule has 2 aromatic rings. The van der Waals surface area contributed by atoms with Crippen molar-refractivity contribution in [3.63, 3.8) is 0 Å². The number of piperidine rings is 1. The monoisotopic (exact) mass is 360 g/mol. The number of benzene rings is 1. The van der Waals surface area contributed by atoms with E-state index in [2.05, 4.69) is 68.8 Å². The minimum atomic E-state index is 0.385. The van der Waals surface area contributed by atoms with E-state index in [0.29, 0.717) is 11.2 Å². The van der Waals surface area contributed by atoms with Crippen molar-refractivity contribution in [2.45, 2.75) is 18.9 Å². The van der Waals surface area contributed by atoms with E-state index in [1.165, 1.54) is 17.7 Å². The van der Waals surface area contributed by atoms with Crippen LogP contribution in [0.1, 0.15) is 12.8 Å². The van der Waals surface area contributed by atoms with Gasteiger partial charge in [-0.3, -0.25) is 0 Å². The first kappa shape index (κ1) is 17.6. The zero-order chi connectivity index (χ0) is 17.8. The Kier molecular flexibility index (Phi) is 5.48. The van der Waals surface area contributed by atoms with Crippen molar-refractivity contribution in [1.82, 2.24) is 9.97 Å². The summed E-state index contributed by atoms with van der Waals surface area (Å²) >= 11 is 6.12. The second-order valence-electron chi connectivity index (χ2n) is 6.45. The second kappa shape index (κ2) is 7.78. The highest BCUT2D eigenvalue weighted by atomic mass is 35.5. The minimum absolute atomic E-state index is 0.385. The van der Waals surface area contributed by atoms with E-state index in [9.17, 15) is 0 Å². The highest BCUT2D eigenvalue weighted by Gasteiger charge is 2.21. The standard InChI is InChI=1S/C18H25ClN6/c1-20-16-17(19)21-12-22-18(16)23-13-8-10-25(11-9-13)15-6-4-14(5-7-15)24(2)3/h4-7,12-13,20H,8-11H2,1-3H3,(H,21,22,23). The van der Waals surface area contributed by atoms with Gasteiger partial charge in [-0.2, -0.15) is 0 Å². The van der Waals surface area contributed by atoms with E-state index in [1.54, 1.807) is 0 Å². The van der Waals surface area contributed by atoms with Gasteiger partial charge in [-0.05, 0) is 37.1 Å².